The molecule has 0 aliphatic heterocycles. The summed E-state index contributed by atoms with van der Waals surface area (Å²) in [6, 6.07) is -0.286. The first-order valence-corrected chi connectivity index (χ1v) is 7.35. The van der Waals surface area contributed by atoms with Crippen LogP contribution in [0.15, 0.2) is 0 Å². The Bertz CT molecular complexity index is 291. The smallest absolute Gasteiger partial charge is 0.322 e. The Morgan fingerprint density at radius 2 is 1.76 bits per heavy atom. The van der Waals surface area contributed by atoms with Gasteiger partial charge in [-0.25, -0.2) is 0 Å². The van der Waals surface area contributed by atoms with Crippen molar-refractivity contribution >= 4 is 5.97 Å². The number of likely N-dealkylation sites (N-methyl/N-ethyl adjacent to an activating group) is 1. The number of methoxy groups -OCH3 is 1. The maximum atomic E-state index is 11.2. The van der Waals surface area contributed by atoms with Gasteiger partial charge in [0.15, 0.2) is 0 Å². The molecule has 0 heterocycles. The van der Waals surface area contributed by atoms with Crippen LogP contribution in [0.1, 0.15) is 27.7 Å². The lowest BCUT2D eigenvalue weighted by molar-refractivity contribution is -0.143. The number of hydrogen-bond donors (Lipinski definition) is 4. The van der Waals surface area contributed by atoms with Crippen LogP contribution in [0.5, 0.6) is 0 Å². The van der Waals surface area contributed by atoms with E-state index in [4.69, 9.17) is 4.74 Å². The summed E-state index contributed by atoms with van der Waals surface area (Å²) in [5.41, 5.74) is 0. The lowest BCUT2D eigenvalue weighted by atomic mass is 10.1. The fourth-order valence-electron chi connectivity index (χ4n) is 1.55. The second kappa shape index (κ2) is 10.9. The molecule has 0 aromatic carbocycles. The van der Waals surface area contributed by atoms with Crippen molar-refractivity contribution in [2.75, 3.05) is 27.4 Å². The fourth-order valence-corrected chi connectivity index (χ4v) is 1.55. The minimum Gasteiger partial charge on any atom is -0.468 e. The summed E-state index contributed by atoms with van der Waals surface area (Å²) in [7, 11) is 3.17. The number of rotatable bonds is 11. The van der Waals surface area contributed by atoms with Crippen LogP contribution >= 0.6 is 0 Å². The fraction of sp³-hybridized carbons (Fsp3) is 0.929. The minimum absolute atomic E-state index is 0.0310. The van der Waals surface area contributed by atoms with Gasteiger partial charge in [-0.15, -0.1) is 0 Å². The second-order valence-electron chi connectivity index (χ2n) is 5.31. The number of carbonyl (C=O) groups is 1. The summed E-state index contributed by atoms with van der Waals surface area (Å²) in [5.74, 6) is -0.318. The summed E-state index contributed by atoms with van der Waals surface area (Å²) in [6.45, 7) is 8.33. The number of aliphatic hydroxyl groups is 1. The van der Waals surface area contributed by atoms with Gasteiger partial charge in [0, 0.05) is 18.6 Å². The highest BCUT2D eigenvalue weighted by atomic mass is 16.5. The van der Waals surface area contributed by atoms with Crippen LogP contribution in [0.4, 0.5) is 0 Å². The van der Waals surface area contributed by atoms with Gasteiger partial charge >= 0.3 is 5.97 Å². The van der Waals surface area contributed by atoms with Gasteiger partial charge in [0.25, 0.3) is 0 Å². The molecule has 0 saturated carbocycles. The zero-order chi connectivity index (χ0) is 16.4. The average molecular weight is 305 g/mol. The maximum Gasteiger partial charge on any atom is 0.322 e. The molecule has 7 nitrogen and oxygen atoms in total. The van der Waals surface area contributed by atoms with Crippen LogP contribution in [0.25, 0.3) is 0 Å². The van der Waals surface area contributed by atoms with E-state index in [9.17, 15) is 9.90 Å². The minimum atomic E-state index is -0.456. The first kappa shape index (κ1) is 20.3. The largest absolute Gasteiger partial charge is 0.468 e. The molecule has 0 bridgehead atoms. The monoisotopic (exact) mass is 305 g/mol. The topological polar surface area (TPSA) is 91.9 Å². The van der Waals surface area contributed by atoms with Crippen molar-refractivity contribution in [3.05, 3.63) is 0 Å². The van der Waals surface area contributed by atoms with Gasteiger partial charge < -0.3 is 25.2 Å². The third-order valence-electron chi connectivity index (χ3n) is 3.68. The van der Waals surface area contributed by atoms with Crippen LogP contribution < -0.4 is 16.0 Å². The quantitative estimate of drug-likeness (QED) is 0.301. The Labute approximate surface area is 127 Å². The predicted molar refractivity (Wildman–Crippen MR) is 82.0 cm³/mol. The van der Waals surface area contributed by atoms with Crippen LogP contribution in [-0.4, -0.2) is 68.8 Å². The van der Waals surface area contributed by atoms with Crippen molar-refractivity contribution in [2.45, 2.75) is 58.0 Å². The highest BCUT2D eigenvalue weighted by Crippen LogP contribution is 1.99. The molecule has 0 saturated heterocycles. The molecule has 0 aliphatic rings. The number of carbonyl (C=O) groups excluding carboxylic acids is 1. The standard InChI is InChI=1S/C14H31N3O4/c1-9(16-7-13(18)10(2)15-5)12(4)21-8-17-11(3)14(19)20-6/h9-13,15-18H,7-8H2,1-6H3. The zero-order valence-corrected chi connectivity index (χ0v) is 14.0. The van der Waals surface area contributed by atoms with E-state index in [2.05, 4.69) is 20.7 Å². The number of nitrogens with one attached hydrogen (secondary N) is 3. The molecule has 5 unspecified atom stereocenters. The van der Waals surface area contributed by atoms with E-state index < -0.39 is 12.1 Å². The Balaban J connectivity index is 3.90. The molecule has 0 rings (SSSR count). The molecule has 0 radical (unpaired) electrons. The predicted octanol–water partition coefficient (Wildman–Crippen LogP) is -0.553. The van der Waals surface area contributed by atoms with Gasteiger partial charge in [0.05, 0.1) is 26.0 Å². The van der Waals surface area contributed by atoms with Crippen LogP contribution in [0.2, 0.25) is 0 Å². The molecule has 0 spiro atoms. The van der Waals surface area contributed by atoms with E-state index >= 15 is 0 Å². The maximum absolute atomic E-state index is 11.2. The average Bonchev–Trinajstić information content (AvgIpc) is 2.49. The van der Waals surface area contributed by atoms with E-state index in [0.717, 1.165) is 0 Å². The molecular weight excluding hydrogens is 274 g/mol. The molecular formula is C14H31N3O4. The van der Waals surface area contributed by atoms with E-state index in [1.165, 1.54) is 7.11 Å². The number of aliphatic hydroxyl groups excluding tert-OH is 1. The lowest BCUT2D eigenvalue weighted by Crippen LogP contribution is -2.47. The van der Waals surface area contributed by atoms with E-state index in [0.29, 0.717) is 6.54 Å². The van der Waals surface area contributed by atoms with Gasteiger partial charge in [-0.05, 0) is 34.7 Å². The molecule has 21 heavy (non-hydrogen) atoms. The van der Waals surface area contributed by atoms with E-state index in [-0.39, 0.29) is 30.9 Å². The van der Waals surface area contributed by atoms with Crippen LogP contribution in [0, 0.1) is 0 Å². The SMILES string of the molecule is CNC(C)C(O)CNC(C)C(C)OCNC(C)C(=O)OC. The molecule has 5 atom stereocenters. The van der Waals surface area contributed by atoms with Gasteiger partial charge in [0.1, 0.15) is 6.04 Å². The lowest BCUT2D eigenvalue weighted by Gasteiger charge is -2.25. The highest BCUT2D eigenvalue weighted by molar-refractivity contribution is 5.74. The van der Waals surface area contributed by atoms with Gasteiger partial charge in [0.2, 0.25) is 0 Å². The normalized spacial score (nSPS) is 18.6. The molecule has 7 heteroatoms. The molecule has 0 aliphatic carbocycles. The summed E-state index contributed by atoms with van der Waals surface area (Å²) in [5, 5.41) is 19.0. The Morgan fingerprint density at radius 3 is 2.29 bits per heavy atom. The van der Waals surface area contributed by atoms with Crippen molar-refractivity contribution < 1.29 is 19.4 Å². The van der Waals surface area contributed by atoms with Crippen molar-refractivity contribution in [2.24, 2.45) is 0 Å². The molecule has 4 N–H and O–H groups in total. The van der Waals surface area contributed by atoms with E-state index in [1.807, 2.05) is 27.8 Å². The summed E-state index contributed by atoms with van der Waals surface area (Å²) >= 11 is 0. The molecule has 0 aromatic rings. The zero-order valence-electron chi connectivity index (χ0n) is 14.0. The first-order chi connectivity index (χ1) is 9.83. The molecule has 126 valence electrons. The van der Waals surface area contributed by atoms with Crippen molar-refractivity contribution in [1.82, 2.24) is 16.0 Å². The Hall–Kier alpha value is -0.730. The third-order valence-corrected chi connectivity index (χ3v) is 3.68. The Kier molecular flexibility index (Phi) is 10.5. The van der Waals surface area contributed by atoms with Crippen molar-refractivity contribution in [1.29, 1.82) is 0 Å². The molecule has 0 amide bonds. The van der Waals surface area contributed by atoms with Gasteiger partial charge in [-0.3, -0.25) is 10.1 Å². The van der Waals surface area contributed by atoms with E-state index in [1.54, 1.807) is 6.92 Å². The first-order valence-electron chi connectivity index (χ1n) is 7.35. The molecule has 0 fully saturated rings. The summed E-state index contributed by atoms with van der Waals surface area (Å²) in [4.78, 5) is 11.2. The summed E-state index contributed by atoms with van der Waals surface area (Å²) < 4.78 is 10.2. The van der Waals surface area contributed by atoms with Gasteiger partial charge in [-0.1, -0.05) is 0 Å². The second-order valence-corrected chi connectivity index (χ2v) is 5.31. The van der Waals surface area contributed by atoms with Crippen molar-refractivity contribution in [3.8, 4) is 0 Å². The number of ether oxygens (including phenoxy) is 2. The molecule has 0 aromatic heterocycles. The van der Waals surface area contributed by atoms with Crippen LogP contribution in [-0.2, 0) is 14.3 Å². The highest BCUT2D eigenvalue weighted by Gasteiger charge is 2.17. The summed E-state index contributed by atoms with van der Waals surface area (Å²) in [6.07, 6.45) is -0.512. The van der Waals surface area contributed by atoms with Crippen LogP contribution in [0.3, 0.4) is 0 Å². The van der Waals surface area contributed by atoms with Crippen molar-refractivity contribution in [3.63, 3.8) is 0 Å². The Morgan fingerprint density at radius 1 is 1.14 bits per heavy atom. The number of hydrogen-bond acceptors (Lipinski definition) is 7. The van der Waals surface area contributed by atoms with Gasteiger partial charge in [-0.2, -0.15) is 0 Å². The number of esters is 1. The third kappa shape index (κ3) is 8.33.